The third kappa shape index (κ3) is 3.10. The molecule has 1 aromatic carbocycles. The monoisotopic (exact) mass is 315 g/mol. The number of halogens is 1. The lowest BCUT2D eigenvalue weighted by Crippen LogP contribution is -2.13. The van der Waals surface area contributed by atoms with Gasteiger partial charge >= 0.3 is 0 Å². The minimum Gasteiger partial charge on any atom is -0.438 e. The topological polar surface area (TPSA) is 128 Å². The van der Waals surface area contributed by atoms with Gasteiger partial charge < -0.3 is 15.5 Å². The van der Waals surface area contributed by atoms with E-state index in [4.69, 9.17) is 26.9 Å². The Morgan fingerprint density at radius 1 is 1.25 bits per heavy atom. The molecule has 1 amide bonds. The van der Waals surface area contributed by atoms with Gasteiger partial charge in [0.15, 0.2) is 5.76 Å². The summed E-state index contributed by atoms with van der Waals surface area (Å²) in [7, 11) is -3.99. The van der Waals surface area contributed by atoms with Gasteiger partial charge in [0.05, 0.1) is 10.7 Å². The highest BCUT2D eigenvalue weighted by atomic mass is 35.5. The smallest absolute Gasteiger partial charge is 0.291 e. The predicted molar refractivity (Wildman–Crippen MR) is 73.9 cm³/mol. The van der Waals surface area contributed by atoms with Crippen molar-refractivity contribution in [3.8, 4) is 0 Å². The minimum atomic E-state index is -3.99. The van der Waals surface area contributed by atoms with E-state index in [1.807, 2.05) is 0 Å². The first-order valence-electron chi connectivity index (χ1n) is 5.26. The van der Waals surface area contributed by atoms with Crippen LogP contribution in [0, 0.1) is 0 Å². The number of carbonyl (C=O) groups is 1. The summed E-state index contributed by atoms with van der Waals surface area (Å²) in [6.07, 6.45) is 0. The average Bonchev–Trinajstić information content (AvgIpc) is 2.82. The summed E-state index contributed by atoms with van der Waals surface area (Å²) < 4.78 is 26.9. The van der Waals surface area contributed by atoms with Gasteiger partial charge in [-0.1, -0.05) is 11.6 Å². The van der Waals surface area contributed by atoms with Gasteiger partial charge in [-0.2, -0.15) is 0 Å². The number of anilines is 2. The van der Waals surface area contributed by atoms with E-state index in [-0.39, 0.29) is 10.8 Å². The van der Waals surface area contributed by atoms with Crippen molar-refractivity contribution in [3.63, 3.8) is 0 Å². The van der Waals surface area contributed by atoms with E-state index in [1.54, 1.807) is 6.07 Å². The number of sulfonamides is 1. The van der Waals surface area contributed by atoms with Crippen molar-refractivity contribution in [1.82, 2.24) is 0 Å². The second kappa shape index (κ2) is 5.16. The third-order valence-corrected chi connectivity index (χ3v) is 3.42. The first-order valence-corrected chi connectivity index (χ1v) is 7.19. The Balaban J connectivity index is 2.22. The fourth-order valence-electron chi connectivity index (χ4n) is 1.41. The largest absolute Gasteiger partial charge is 0.438 e. The summed E-state index contributed by atoms with van der Waals surface area (Å²) in [4.78, 5) is 11.9. The highest BCUT2D eigenvalue weighted by molar-refractivity contribution is 7.89. The summed E-state index contributed by atoms with van der Waals surface area (Å²) in [5.41, 5.74) is 6.29. The van der Waals surface area contributed by atoms with Crippen LogP contribution in [0.25, 0.3) is 0 Å². The molecule has 0 atom stereocenters. The van der Waals surface area contributed by atoms with Crippen LogP contribution in [0.5, 0.6) is 0 Å². The quantitative estimate of drug-likeness (QED) is 0.738. The molecule has 106 valence electrons. The molecule has 0 fully saturated rings. The Morgan fingerprint density at radius 3 is 2.50 bits per heavy atom. The summed E-state index contributed by atoms with van der Waals surface area (Å²) in [6, 6.07) is 6.82. The molecule has 0 aliphatic carbocycles. The maximum Gasteiger partial charge on any atom is 0.291 e. The molecule has 20 heavy (non-hydrogen) atoms. The SMILES string of the molecule is Nc1ccc(NC(=O)c2ccc(S(N)(=O)=O)o2)c(Cl)c1. The number of hydrogen-bond acceptors (Lipinski definition) is 5. The Morgan fingerprint density at radius 2 is 1.95 bits per heavy atom. The van der Waals surface area contributed by atoms with Gasteiger partial charge in [0.1, 0.15) is 0 Å². The molecule has 0 aliphatic heterocycles. The average molecular weight is 316 g/mol. The van der Waals surface area contributed by atoms with Crippen molar-refractivity contribution < 1.29 is 17.6 Å². The third-order valence-electron chi connectivity index (χ3n) is 2.33. The molecular formula is C11H10ClN3O4S. The molecule has 0 radical (unpaired) electrons. The Hall–Kier alpha value is -2.03. The number of furan rings is 1. The lowest BCUT2D eigenvalue weighted by atomic mass is 10.3. The lowest BCUT2D eigenvalue weighted by molar-refractivity contribution is 0.0991. The summed E-state index contributed by atoms with van der Waals surface area (Å²) in [5, 5.41) is 7.09. The first kappa shape index (κ1) is 14.4. The fraction of sp³-hybridized carbons (Fsp3) is 0. The number of amides is 1. The van der Waals surface area contributed by atoms with E-state index < -0.39 is 21.0 Å². The molecule has 9 heteroatoms. The molecule has 0 saturated carbocycles. The summed E-state index contributed by atoms with van der Waals surface area (Å²) >= 11 is 5.90. The van der Waals surface area contributed by atoms with Crippen LogP contribution >= 0.6 is 11.6 Å². The normalized spacial score (nSPS) is 11.3. The van der Waals surface area contributed by atoms with Crippen molar-refractivity contribution in [2.24, 2.45) is 5.14 Å². The van der Waals surface area contributed by atoms with Crippen LogP contribution in [-0.2, 0) is 10.0 Å². The second-order valence-corrected chi connectivity index (χ2v) is 5.76. The highest BCUT2D eigenvalue weighted by Gasteiger charge is 2.18. The zero-order valence-electron chi connectivity index (χ0n) is 9.96. The van der Waals surface area contributed by atoms with Crippen molar-refractivity contribution in [2.75, 3.05) is 11.1 Å². The molecule has 0 saturated heterocycles. The predicted octanol–water partition coefficient (Wildman–Crippen LogP) is 1.41. The van der Waals surface area contributed by atoms with Crippen LogP contribution in [0.3, 0.4) is 0 Å². The van der Waals surface area contributed by atoms with Crippen molar-refractivity contribution >= 4 is 38.9 Å². The Labute approximate surface area is 119 Å². The van der Waals surface area contributed by atoms with E-state index >= 15 is 0 Å². The molecule has 0 aliphatic rings. The number of hydrogen-bond donors (Lipinski definition) is 3. The number of rotatable bonds is 3. The molecule has 0 spiro atoms. The molecular weight excluding hydrogens is 306 g/mol. The van der Waals surface area contributed by atoms with Gasteiger partial charge in [0.2, 0.25) is 5.09 Å². The van der Waals surface area contributed by atoms with E-state index in [1.165, 1.54) is 18.2 Å². The van der Waals surface area contributed by atoms with Crippen LogP contribution in [0.2, 0.25) is 5.02 Å². The van der Waals surface area contributed by atoms with Crippen LogP contribution in [0.4, 0.5) is 11.4 Å². The molecule has 2 aromatic rings. The molecule has 2 rings (SSSR count). The van der Waals surface area contributed by atoms with Gasteiger partial charge in [0.25, 0.3) is 15.9 Å². The van der Waals surface area contributed by atoms with Crippen LogP contribution < -0.4 is 16.2 Å². The zero-order chi connectivity index (χ0) is 14.9. The maximum absolute atomic E-state index is 11.9. The van der Waals surface area contributed by atoms with Crippen molar-refractivity contribution in [3.05, 3.63) is 41.1 Å². The van der Waals surface area contributed by atoms with Gasteiger partial charge in [-0.25, -0.2) is 13.6 Å². The maximum atomic E-state index is 11.9. The van der Waals surface area contributed by atoms with Crippen LogP contribution in [0.15, 0.2) is 39.8 Å². The molecule has 0 unspecified atom stereocenters. The Bertz CT molecular complexity index is 770. The first-order chi connectivity index (χ1) is 9.27. The molecule has 5 N–H and O–H groups in total. The van der Waals surface area contributed by atoms with Gasteiger partial charge in [0, 0.05) is 5.69 Å². The fourth-order valence-corrected chi connectivity index (χ4v) is 2.11. The number of benzene rings is 1. The van der Waals surface area contributed by atoms with Gasteiger partial charge in [-0.05, 0) is 30.3 Å². The van der Waals surface area contributed by atoms with Crippen LogP contribution in [0.1, 0.15) is 10.6 Å². The van der Waals surface area contributed by atoms with Crippen molar-refractivity contribution in [2.45, 2.75) is 5.09 Å². The summed E-state index contributed by atoms with van der Waals surface area (Å²) in [6.45, 7) is 0. The number of nitrogens with one attached hydrogen (secondary N) is 1. The molecule has 0 bridgehead atoms. The van der Waals surface area contributed by atoms with E-state index in [2.05, 4.69) is 5.32 Å². The number of nitrogen functional groups attached to an aromatic ring is 1. The van der Waals surface area contributed by atoms with Gasteiger partial charge in [-0.15, -0.1) is 0 Å². The zero-order valence-corrected chi connectivity index (χ0v) is 11.5. The molecule has 1 aromatic heterocycles. The summed E-state index contributed by atoms with van der Waals surface area (Å²) in [5.74, 6) is -0.867. The standard InChI is InChI=1S/C11H10ClN3O4S/c12-7-5-6(13)1-2-8(7)15-11(16)9-3-4-10(19-9)20(14,17)18/h1-5H,13H2,(H,15,16)(H2,14,17,18). The highest BCUT2D eigenvalue weighted by Crippen LogP contribution is 2.25. The van der Waals surface area contributed by atoms with E-state index in [0.29, 0.717) is 11.4 Å². The van der Waals surface area contributed by atoms with E-state index in [0.717, 1.165) is 6.07 Å². The Kier molecular flexibility index (Phi) is 3.71. The van der Waals surface area contributed by atoms with Gasteiger partial charge in [-0.3, -0.25) is 4.79 Å². The molecule has 1 heterocycles. The lowest BCUT2D eigenvalue weighted by Gasteiger charge is -2.06. The second-order valence-electron chi connectivity index (χ2n) is 3.86. The van der Waals surface area contributed by atoms with Crippen molar-refractivity contribution in [1.29, 1.82) is 0 Å². The number of carbonyl (C=O) groups excluding carboxylic acids is 1. The number of primary sulfonamides is 1. The molecule has 7 nitrogen and oxygen atoms in total. The minimum absolute atomic E-state index is 0.207. The van der Waals surface area contributed by atoms with E-state index in [9.17, 15) is 13.2 Å². The number of nitrogens with two attached hydrogens (primary N) is 2. The van der Waals surface area contributed by atoms with Crippen LogP contribution in [-0.4, -0.2) is 14.3 Å².